The van der Waals surface area contributed by atoms with Crippen LogP contribution in [0.15, 0.2) is 17.0 Å². The highest BCUT2D eigenvalue weighted by atomic mass is 32.2. The predicted octanol–water partition coefficient (Wildman–Crippen LogP) is 2.45. The molecule has 0 spiro atoms. The molecule has 0 bridgehead atoms. The van der Waals surface area contributed by atoms with E-state index >= 15 is 0 Å². The standard InChI is InChI=1S/C21H30N2O4S/c1-4-28(25,26)16-11-14-10-13(2)27-19(14)17(12-16)20(24)23-21(3,15-7-8-15)18-6-5-9-22-18/h11-13,15,18,22H,4-10H2,1-3H3,(H,23,24). The molecule has 1 aromatic carbocycles. The Morgan fingerprint density at radius 1 is 1.32 bits per heavy atom. The first-order valence-corrected chi connectivity index (χ1v) is 12.0. The van der Waals surface area contributed by atoms with Gasteiger partial charge in [-0.1, -0.05) is 6.92 Å². The van der Waals surface area contributed by atoms with Crippen LogP contribution in [-0.4, -0.2) is 44.3 Å². The molecule has 6 nitrogen and oxygen atoms in total. The van der Waals surface area contributed by atoms with Gasteiger partial charge in [-0.05, 0) is 69.7 Å². The second-order valence-electron chi connectivity index (χ2n) is 8.66. The molecule has 7 heteroatoms. The largest absolute Gasteiger partial charge is 0.489 e. The van der Waals surface area contributed by atoms with Gasteiger partial charge in [0.25, 0.3) is 5.91 Å². The van der Waals surface area contributed by atoms with Crippen LogP contribution in [0.25, 0.3) is 0 Å². The molecule has 2 heterocycles. The van der Waals surface area contributed by atoms with Crippen molar-refractivity contribution in [3.8, 4) is 5.75 Å². The third-order valence-corrected chi connectivity index (χ3v) is 8.26. The molecule has 3 aliphatic rings. The van der Waals surface area contributed by atoms with Crippen LogP contribution < -0.4 is 15.4 Å². The lowest BCUT2D eigenvalue weighted by molar-refractivity contribution is 0.0863. The van der Waals surface area contributed by atoms with Crippen LogP contribution in [0.4, 0.5) is 0 Å². The first-order chi connectivity index (χ1) is 13.2. The summed E-state index contributed by atoms with van der Waals surface area (Å²) in [5.41, 5.74) is 0.822. The number of benzene rings is 1. The lowest BCUT2D eigenvalue weighted by Gasteiger charge is -2.37. The van der Waals surface area contributed by atoms with Gasteiger partial charge in [-0.25, -0.2) is 8.42 Å². The van der Waals surface area contributed by atoms with E-state index in [1.54, 1.807) is 13.0 Å². The summed E-state index contributed by atoms with van der Waals surface area (Å²) in [6.45, 7) is 6.66. The molecule has 4 rings (SSSR count). The summed E-state index contributed by atoms with van der Waals surface area (Å²) in [4.78, 5) is 13.6. The fourth-order valence-corrected chi connectivity index (χ4v) is 5.64. The van der Waals surface area contributed by atoms with Crippen LogP contribution in [0.2, 0.25) is 0 Å². The number of nitrogens with one attached hydrogen (secondary N) is 2. The number of carbonyl (C=O) groups is 1. The maximum absolute atomic E-state index is 13.4. The zero-order valence-electron chi connectivity index (χ0n) is 16.9. The van der Waals surface area contributed by atoms with Crippen LogP contribution in [0.1, 0.15) is 62.4 Å². The summed E-state index contributed by atoms with van der Waals surface area (Å²) in [5, 5.41) is 6.82. The van der Waals surface area contributed by atoms with Gasteiger partial charge in [-0.3, -0.25) is 4.79 Å². The number of carbonyl (C=O) groups excluding carboxylic acids is 1. The van der Waals surface area contributed by atoms with E-state index in [2.05, 4.69) is 17.6 Å². The molecule has 2 fully saturated rings. The topological polar surface area (TPSA) is 84.5 Å². The van der Waals surface area contributed by atoms with Crippen molar-refractivity contribution in [3.63, 3.8) is 0 Å². The molecule has 1 amide bonds. The first kappa shape index (κ1) is 19.7. The van der Waals surface area contributed by atoms with E-state index in [0.717, 1.165) is 37.8 Å². The SMILES string of the molecule is CCS(=O)(=O)c1cc2c(c(C(=O)NC(C)(C3CC3)C3CCCN3)c1)OC(C)C2. The third-order valence-electron chi connectivity index (χ3n) is 6.54. The molecule has 2 N–H and O–H groups in total. The van der Waals surface area contributed by atoms with Gasteiger partial charge in [0.05, 0.1) is 21.8 Å². The number of hydrogen-bond acceptors (Lipinski definition) is 5. The quantitative estimate of drug-likeness (QED) is 0.758. The van der Waals surface area contributed by atoms with Gasteiger partial charge in [-0.15, -0.1) is 0 Å². The van der Waals surface area contributed by atoms with Crippen LogP contribution >= 0.6 is 0 Å². The van der Waals surface area contributed by atoms with Gasteiger partial charge in [0.2, 0.25) is 0 Å². The number of sulfone groups is 1. The molecule has 1 aromatic rings. The molecule has 0 radical (unpaired) electrons. The van der Waals surface area contributed by atoms with Crippen molar-refractivity contribution in [1.82, 2.24) is 10.6 Å². The van der Waals surface area contributed by atoms with E-state index < -0.39 is 9.84 Å². The summed E-state index contributed by atoms with van der Waals surface area (Å²) in [6.07, 6.45) is 4.95. The van der Waals surface area contributed by atoms with Crippen molar-refractivity contribution in [3.05, 3.63) is 23.3 Å². The van der Waals surface area contributed by atoms with Crippen molar-refractivity contribution < 1.29 is 17.9 Å². The van der Waals surface area contributed by atoms with Gasteiger partial charge in [0.15, 0.2) is 9.84 Å². The lowest BCUT2D eigenvalue weighted by atomic mass is 9.85. The number of fused-ring (bicyclic) bond motifs is 1. The lowest BCUT2D eigenvalue weighted by Crippen LogP contribution is -2.59. The minimum Gasteiger partial charge on any atom is -0.489 e. The number of amides is 1. The van der Waals surface area contributed by atoms with E-state index in [0.29, 0.717) is 23.7 Å². The van der Waals surface area contributed by atoms with E-state index in [1.165, 1.54) is 6.07 Å². The van der Waals surface area contributed by atoms with Crippen LogP contribution in [0, 0.1) is 5.92 Å². The molecule has 3 unspecified atom stereocenters. The molecule has 154 valence electrons. The molecule has 1 aliphatic carbocycles. The molecule has 2 aliphatic heterocycles. The Kier molecular flexibility index (Phi) is 4.94. The predicted molar refractivity (Wildman–Crippen MR) is 108 cm³/mol. The zero-order chi connectivity index (χ0) is 20.1. The minimum atomic E-state index is -3.40. The normalized spacial score (nSPS) is 26.4. The Labute approximate surface area is 167 Å². The van der Waals surface area contributed by atoms with Crippen molar-refractivity contribution in [2.24, 2.45) is 5.92 Å². The van der Waals surface area contributed by atoms with E-state index in [9.17, 15) is 13.2 Å². The number of hydrogen-bond donors (Lipinski definition) is 2. The number of rotatable bonds is 6. The maximum Gasteiger partial charge on any atom is 0.255 e. The summed E-state index contributed by atoms with van der Waals surface area (Å²) >= 11 is 0. The van der Waals surface area contributed by atoms with Crippen LogP contribution in [-0.2, 0) is 16.3 Å². The Balaban J connectivity index is 1.70. The fourth-order valence-electron chi connectivity index (χ4n) is 4.68. The molecule has 0 aromatic heterocycles. The first-order valence-electron chi connectivity index (χ1n) is 10.4. The summed E-state index contributed by atoms with van der Waals surface area (Å²) < 4.78 is 30.9. The van der Waals surface area contributed by atoms with Crippen LogP contribution in [0.5, 0.6) is 5.75 Å². The van der Waals surface area contributed by atoms with Crippen molar-refractivity contribution in [1.29, 1.82) is 0 Å². The van der Waals surface area contributed by atoms with Crippen molar-refractivity contribution in [2.45, 2.75) is 75.5 Å². The molecule has 3 atom stereocenters. The average molecular weight is 407 g/mol. The summed E-state index contributed by atoms with van der Waals surface area (Å²) in [7, 11) is -3.40. The van der Waals surface area contributed by atoms with Crippen LogP contribution in [0.3, 0.4) is 0 Å². The van der Waals surface area contributed by atoms with E-state index in [1.807, 2.05) is 6.92 Å². The van der Waals surface area contributed by atoms with Crippen molar-refractivity contribution in [2.75, 3.05) is 12.3 Å². The second-order valence-corrected chi connectivity index (χ2v) is 10.9. The Morgan fingerprint density at radius 2 is 2.07 bits per heavy atom. The summed E-state index contributed by atoms with van der Waals surface area (Å²) in [5.74, 6) is 0.774. The smallest absolute Gasteiger partial charge is 0.255 e. The minimum absolute atomic E-state index is 0.00897. The Bertz CT molecular complexity index is 888. The molecule has 28 heavy (non-hydrogen) atoms. The molecular formula is C21H30N2O4S. The fraction of sp³-hybridized carbons (Fsp3) is 0.667. The van der Waals surface area contributed by atoms with Crippen molar-refractivity contribution >= 4 is 15.7 Å². The highest BCUT2D eigenvalue weighted by Crippen LogP contribution is 2.44. The molecule has 1 saturated heterocycles. The Hall–Kier alpha value is -1.60. The highest BCUT2D eigenvalue weighted by molar-refractivity contribution is 7.91. The van der Waals surface area contributed by atoms with Gasteiger partial charge in [0, 0.05) is 12.5 Å². The zero-order valence-corrected chi connectivity index (χ0v) is 17.7. The second kappa shape index (κ2) is 7.02. The van der Waals surface area contributed by atoms with Gasteiger partial charge in [0.1, 0.15) is 11.9 Å². The maximum atomic E-state index is 13.4. The molecule has 1 saturated carbocycles. The van der Waals surface area contributed by atoms with Gasteiger partial charge in [-0.2, -0.15) is 0 Å². The monoisotopic (exact) mass is 406 g/mol. The highest BCUT2D eigenvalue weighted by Gasteiger charge is 2.49. The number of ether oxygens (including phenoxy) is 1. The average Bonchev–Trinajstić information content (AvgIpc) is 3.23. The molecular weight excluding hydrogens is 376 g/mol. The van der Waals surface area contributed by atoms with Gasteiger partial charge < -0.3 is 15.4 Å². The van der Waals surface area contributed by atoms with E-state index in [4.69, 9.17) is 4.74 Å². The van der Waals surface area contributed by atoms with E-state index in [-0.39, 0.29) is 34.2 Å². The van der Waals surface area contributed by atoms with Gasteiger partial charge >= 0.3 is 0 Å². The third kappa shape index (κ3) is 3.43. The Morgan fingerprint density at radius 3 is 2.68 bits per heavy atom. The summed E-state index contributed by atoms with van der Waals surface area (Å²) in [6, 6.07) is 3.42.